The van der Waals surface area contributed by atoms with Crippen molar-refractivity contribution in [2.24, 2.45) is 0 Å². The molecule has 0 atom stereocenters. The fraction of sp³-hybridized carbons (Fsp3) is 0.800. The lowest BCUT2D eigenvalue weighted by molar-refractivity contribution is 0.121. The zero-order valence-corrected chi connectivity index (χ0v) is 11.8. The largest absolute Gasteiger partial charge is 0.393 e. The zero-order valence-electron chi connectivity index (χ0n) is 11.8. The van der Waals surface area contributed by atoms with Gasteiger partial charge in [-0.2, -0.15) is 0 Å². The quantitative estimate of drug-likeness (QED) is 0.860. The lowest BCUT2D eigenvalue weighted by atomic mass is 9.87. The number of piperidine rings is 1. The molecule has 2 aliphatic rings. The van der Waals surface area contributed by atoms with Crippen LogP contribution < -0.4 is 0 Å². The van der Waals surface area contributed by atoms with E-state index in [1.807, 2.05) is 0 Å². The molecule has 0 spiro atoms. The highest BCUT2D eigenvalue weighted by Crippen LogP contribution is 2.33. The lowest BCUT2D eigenvalue weighted by Gasteiger charge is -2.28. The van der Waals surface area contributed by atoms with Crippen LogP contribution in [0.2, 0.25) is 0 Å². The number of likely N-dealkylation sites (tertiary alicyclic amines) is 1. The van der Waals surface area contributed by atoms with E-state index < -0.39 is 0 Å². The number of nitrogens with zero attached hydrogens (tertiary/aromatic N) is 2. The summed E-state index contributed by atoms with van der Waals surface area (Å²) in [7, 11) is 2.20. The first-order valence-electron chi connectivity index (χ1n) is 7.64. The van der Waals surface area contributed by atoms with Crippen LogP contribution in [-0.4, -0.2) is 46.2 Å². The van der Waals surface area contributed by atoms with E-state index in [-0.39, 0.29) is 6.10 Å². The van der Waals surface area contributed by atoms with Crippen LogP contribution in [0.5, 0.6) is 0 Å². The van der Waals surface area contributed by atoms with Gasteiger partial charge in [-0.1, -0.05) is 0 Å². The van der Waals surface area contributed by atoms with Gasteiger partial charge < -0.3 is 15.0 Å². The summed E-state index contributed by atoms with van der Waals surface area (Å²) in [6.45, 7) is 2.38. The summed E-state index contributed by atoms with van der Waals surface area (Å²) in [4.78, 5) is 10.6. The molecular weight excluding hydrogens is 238 g/mol. The van der Waals surface area contributed by atoms with Crippen molar-refractivity contribution in [3.63, 3.8) is 0 Å². The summed E-state index contributed by atoms with van der Waals surface area (Å²) in [6, 6.07) is 0. The molecule has 1 aromatic rings. The molecule has 1 aliphatic heterocycles. The molecule has 1 aromatic heterocycles. The third-order valence-corrected chi connectivity index (χ3v) is 4.86. The molecule has 0 aromatic carbocycles. The topological polar surface area (TPSA) is 52.1 Å². The SMILES string of the molecule is CN1CCC(c2cnc(C3CCC(O)CC3)[nH]2)CC1. The number of aliphatic hydroxyl groups is 1. The van der Waals surface area contributed by atoms with Crippen LogP contribution in [0.1, 0.15) is 61.9 Å². The molecule has 2 N–H and O–H groups in total. The number of aromatic nitrogens is 2. The maximum atomic E-state index is 9.57. The van der Waals surface area contributed by atoms with E-state index in [2.05, 4.69) is 28.1 Å². The van der Waals surface area contributed by atoms with Crippen molar-refractivity contribution in [1.82, 2.24) is 14.9 Å². The van der Waals surface area contributed by atoms with Crippen LogP contribution in [0.3, 0.4) is 0 Å². The Labute approximate surface area is 115 Å². The Bertz CT molecular complexity index is 365. The molecule has 3 rings (SSSR count). The summed E-state index contributed by atoms with van der Waals surface area (Å²) in [5.74, 6) is 2.34. The van der Waals surface area contributed by atoms with Crippen molar-refractivity contribution in [2.75, 3.05) is 20.1 Å². The minimum Gasteiger partial charge on any atom is -0.393 e. The number of hydrogen-bond donors (Lipinski definition) is 2. The second-order valence-electron chi connectivity index (χ2n) is 6.31. The van der Waals surface area contributed by atoms with Gasteiger partial charge in [0, 0.05) is 23.7 Å². The Morgan fingerprint density at radius 1 is 1.11 bits per heavy atom. The Hall–Kier alpha value is -0.870. The number of aromatic amines is 1. The van der Waals surface area contributed by atoms with E-state index in [9.17, 15) is 5.11 Å². The van der Waals surface area contributed by atoms with Crippen LogP contribution in [0, 0.1) is 0 Å². The maximum Gasteiger partial charge on any atom is 0.109 e. The molecule has 0 radical (unpaired) electrons. The van der Waals surface area contributed by atoms with E-state index in [4.69, 9.17) is 0 Å². The van der Waals surface area contributed by atoms with E-state index in [1.165, 1.54) is 31.6 Å². The van der Waals surface area contributed by atoms with E-state index >= 15 is 0 Å². The number of hydrogen-bond acceptors (Lipinski definition) is 3. The standard InChI is InChI=1S/C15H25N3O/c1-18-8-6-11(7-9-18)14-10-16-15(17-14)12-2-4-13(19)5-3-12/h10-13,19H,2-9H2,1H3,(H,16,17). The fourth-order valence-electron chi connectivity index (χ4n) is 3.44. The smallest absolute Gasteiger partial charge is 0.109 e. The molecule has 0 amide bonds. The van der Waals surface area contributed by atoms with Gasteiger partial charge in [0.25, 0.3) is 0 Å². The minimum atomic E-state index is -0.0837. The molecule has 0 unspecified atom stereocenters. The fourth-order valence-corrected chi connectivity index (χ4v) is 3.44. The molecule has 4 heteroatoms. The van der Waals surface area contributed by atoms with Gasteiger partial charge in [-0.3, -0.25) is 0 Å². The van der Waals surface area contributed by atoms with Gasteiger partial charge in [0.2, 0.25) is 0 Å². The molecule has 0 bridgehead atoms. The molecule has 19 heavy (non-hydrogen) atoms. The highest BCUT2D eigenvalue weighted by atomic mass is 16.3. The molecule has 4 nitrogen and oxygen atoms in total. The van der Waals surface area contributed by atoms with Crippen molar-refractivity contribution in [3.05, 3.63) is 17.7 Å². The van der Waals surface area contributed by atoms with Crippen LogP contribution in [0.15, 0.2) is 6.20 Å². The van der Waals surface area contributed by atoms with Crippen LogP contribution in [0.25, 0.3) is 0 Å². The number of H-pyrrole nitrogens is 1. The Morgan fingerprint density at radius 3 is 2.47 bits per heavy atom. The maximum absolute atomic E-state index is 9.57. The summed E-state index contributed by atoms with van der Waals surface area (Å²) in [5, 5.41) is 9.57. The average Bonchev–Trinajstić information content (AvgIpc) is 2.90. The minimum absolute atomic E-state index is 0.0837. The zero-order chi connectivity index (χ0) is 13.2. The van der Waals surface area contributed by atoms with E-state index in [0.29, 0.717) is 11.8 Å². The van der Waals surface area contributed by atoms with Crippen LogP contribution in [-0.2, 0) is 0 Å². The Morgan fingerprint density at radius 2 is 1.79 bits per heavy atom. The summed E-state index contributed by atoms with van der Waals surface area (Å²) in [5.41, 5.74) is 1.33. The van der Waals surface area contributed by atoms with Gasteiger partial charge in [-0.25, -0.2) is 4.98 Å². The molecule has 106 valence electrons. The molecule has 2 heterocycles. The van der Waals surface area contributed by atoms with Gasteiger partial charge in [0.15, 0.2) is 0 Å². The number of aliphatic hydroxyl groups excluding tert-OH is 1. The lowest BCUT2D eigenvalue weighted by Crippen LogP contribution is -2.29. The molecular formula is C15H25N3O. The second kappa shape index (κ2) is 5.63. The number of rotatable bonds is 2. The van der Waals surface area contributed by atoms with Crippen molar-refractivity contribution in [1.29, 1.82) is 0 Å². The van der Waals surface area contributed by atoms with Crippen molar-refractivity contribution >= 4 is 0 Å². The van der Waals surface area contributed by atoms with Gasteiger partial charge in [0.1, 0.15) is 5.82 Å². The first-order valence-corrected chi connectivity index (χ1v) is 7.64. The highest BCUT2D eigenvalue weighted by Gasteiger charge is 2.25. The molecule has 1 aliphatic carbocycles. The van der Waals surface area contributed by atoms with Crippen LogP contribution in [0.4, 0.5) is 0 Å². The van der Waals surface area contributed by atoms with Crippen LogP contribution >= 0.6 is 0 Å². The van der Waals surface area contributed by atoms with E-state index in [0.717, 1.165) is 31.5 Å². The third-order valence-electron chi connectivity index (χ3n) is 4.86. The first kappa shape index (κ1) is 13.1. The third kappa shape index (κ3) is 3.00. The van der Waals surface area contributed by atoms with Crippen molar-refractivity contribution < 1.29 is 5.11 Å². The molecule has 2 fully saturated rings. The van der Waals surface area contributed by atoms with Gasteiger partial charge >= 0.3 is 0 Å². The number of imidazole rings is 1. The van der Waals surface area contributed by atoms with Crippen molar-refractivity contribution in [3.8, 4) is 0 Å². The second-order valence-corrected chi connectivity index (χ2v) is 6.31. The predicted octanol–water partition coefficient (Wildman–Crippen LogP) is 2.24. The predicted molar refractivity (Wildman–Crippen MR) is 75.3 cm³/mol. The van der Waals surface area contributed by atoms with Crippen molar-refractivity contribution in [2.45, 2.75) is 56.5 Å². The molecule has 1 saturated heterocycles. The van der Waals surface area contributed by atoms with Gasteiger partial charge in [0.05, 0.1) is 6.10 Å². The normalized spacial score (nSPS) is 30.6. The Kier molecular flexibility index (Phi) is 3.89. The first-order chi connectivity index (χ1) is 9.22. The highest BCUT2D eigenvalue weighted by molar-refractivity contribution is 5.12. The van der Waals surface area contributed by atoms with Gasteiger partial charge in [-0.15, -0.1) is 0 Å². The molecule has 1 saturated carbocycles. The van der Waals surface area contributed by atoms with Gasteiger partial charge in [-0.05, 0) is 58.7 Å². The summed E-state index contributed by atoms with van der Waals surface area (Å²) >= 11 is 0. The monoisotopic (exact) mass is 263 g/mol. The number of nitrogens with one attached hydrogen (secondary N) is 1. The Balaban J connectivity index is 1.63. The summed E-state index contributed by atoms with van der Waals surface area (Å²) < 4.78 is 0. The average molecular weight is 263 g/mol. The summed E-state index contributed by atoms with van der Waals surface area (Å²) in [6.07, 6.45) is 8.44. The van der Waals surface area contributed by atoms with E-state index in [1.54, 1.807) is 0 Å².